The second-order valence-corrected chi connectivity index (χ2v) is 5.18. The third kappa shape index (κ3) is 3.25. The van der Waals surface area contributed by atoms with Gasteiger partial charge in [-0.3, -0.25) is 19.6 Å². The summed E-state index contributed by atoms with van der Waals surface area (Å²) in [6, 6.07) is 3.31. The van der Waals surface area contributed by atoms with Crippen molar-refractivity contribution in [2.24, 2.45) is 0 Å². The number of carbonyl (C=O) groups excluding carboxylic acids is 1. The Morgan fingerprint density at radius 3 is 2.52 bits per heavy atom. The van der Waals surface area contributed by atoms with Gasteiger partial charge in [0, 0.05) is 13.1 Å². The molecule has 8 nitrogen and oxygen atoms in total. The van der Waals surface area contributed by atoms with E-state index in [1.807, 2.05) is 13.8 Å². The average molecular weight is 320 g/mol. The molecular formula is C15H20N4O4. The first-order valence-corrected chi connectivity index (χ1v) is 7.45. The van der Waals surface area contributed by atoms with Crippen LogP contribution in [0.5, 0.6) is 0 Å². The van der Waals surface area contributed by atoms with E-state index in [1.54, 1.807) is 30.9 Å². The van der Waals surface area contributed by atoms with Crippen LogP contribution in [0.25, 0.3) is 0 Å². The number of carbonyl (C=O) groups is 1. The Hall–Kier alpha value is -2.64. The standard InChI is InChI=1S/C15H20N4O4/c1-5-17(6-2)15(20)13-8-7-12(23-13)9-18-11(4)14(19(21)22)10(3)16-18/h7-8H,5-6,9H2,1-4H3. The minimum absolute atomic E-state index is 0.0102. The SMILES string of the molecule is CCN(CC)C(=O)c1ccc(Cn2nc(C)c([N+](=O)[O-])c2C)o1. The molecule has 0 saturated heterocycles. The fourth-order valence-electron chi connectivity index (χ4n) is 2.50. The van der Waals surface area contributed by atoms with Crippen LogP contribution in [-0.2, 0) is 6.54 Å². The van der Waals surface area contributed by atoms with E-state index in [0.29, 0.717) is 30.2 Å². The fourth-order valence-corrected chi connectivity index (χ4v) is 2.50. The van der Waals surface area contributed by atoms with E-state index in [0.717, 1.165) is 0 Å². The Bertz CT molecular complexity index is 728. The molecule has 0 radical (unpaired) electrons. The van der Waals surface area contributed by atoms with Crippen molar-refractivity contribution < 1.29 is 14.1 Å². The van der Waals surface area contributed by atoms with Crippen molar-refractivity contribution in [3.8, 4) is 0 Å². The van der Waals surface area contributed by atoms with E-state index in [4.69, 9.17) is 4.42 Å². The monoisotopic (exact) mass is 320 g/mol. The smallest absolute Gasteiger partial charge is 0.312 e. The highest BCUT2D eigenvalue weighted by molar-refractivity contribution is 5.91. The van der Waals surface area contributed by atoms with Gasteiger partial charge in [0.15, 0.2) is 5.76 Å². The fraction of sp³-hybridized carbons (Fsp3) is 0.467. The molecule has 1 amide bonds. The summed E-state index contributed by atoms with van der Waals surface area (Å²) in [5.41, 5.74) is 0.829. The van der Waals surface area contributed by atoms with Crippen molar-refractivity contribution in [1.82, 2.24) is 14.7 Å². The number of hydrogen-bond acceptors (Lipinski definition) is 5. The highest BCUT2D eigenvalue weighted by Crippen LogP contribution is 2.23. The summed E-state index contributed by atoms with van der Waals surface area (Å²) < 4.78 is 7.09. The topological polar surface area (TPSA) is 94.4 Å². The summed E-state index contributed by atoms with van der Waals surface area (Å²) >= 11 is 0. The Balaban J connectivity index is 2.22. The molecule has 0 aliphatic rings. The molecule has 0 saturated carbocycles. The Morgan fingerprint density at radius 1 is 1.35 bits per heavy atom. The Labute approximate surface area is 133 Å². The number of nitrogens with zero attached hydrogens (tertiary/aromatic N) is 4. The zero-order chi connectivity index (χ0) is 17.1. The van der Waals surface area contributed by atoms with Crippen molar-refractivity contribution in [3.63, 3.8) is 0 Å². The number of aryl methyl sites for hydroxylation is 1. The average Bonchev–Trinajstić information content (AvgIpc) is 3.06. The summed E-state index contributed by atoms with van der Waals surface area (Å²) in [6.45, 7) is 8.50. The van der Waals surface area contributed by atoms with Gasteiger partial charge >= 0.3 is 5.69 Å². The number of aromatic nitrogens is 2. The first-order chi connectivity index (χ1) is 10.9. The van der Waals surface area contributed by atoms with Gasteiger partial charge in [-0.1, -0.05) is 0 Å². The van der Waals surface area contributed by atoms with Gasteiger partial charge in [0.2, 0.25) is 0 Å². The summed E-state index contributed by atoms with van der Waals surface area (Å²) in [4.78, 5) is 24.5. The lowest BCUT2D eigenvalue weighted by atomic mass is 10.3. The van der Waals surface area contributed by atoms with E-state index in [1.165, 1.54) is 4.68 Å². The van der Waals surface area contributed by atoms with E-state index < -0.39 is 4.92 Å². The quantitative estimate of drug-likeness (QED) is 0.602. The van der Waals surface area contributed by atoms with E-state index in [9.17, 15) is 14.9 Å². The maximum Gasteiger partial charge on any atom is 0.312 e. The normalized spacial score (nSPS) is 10.8. The maximum atomic E-state index is 12.2. The van der Waals surface area contributed by atoms with Crippen LogP contribution in [0.3, 0.4) is 0 Å². The lowest BCUT2D eigenvalue weighted by molar-refractivity contribution is -0.386. The first kappa shape index (κ1) is 16.7. The van der Waals surface area contributed by atoms with Gasteiger partial charge in [-0.2, -0.15) is 5.10 Å². The maximum absolute atomic E-state index is 12.2. The van der Waals surface area contributed by atoms with Crippen molar-refractivity contribution in [2.45, 2.75) is 34.2 Å². The molecular weight excluding hydrogens is 300 g/mol. The lowest BCUT2D eigenvalue weighted by Crippen LogP contribution is -2.30. The molecule has 124 valence electrons. The highest BCUT2D eigenvalue weighted by Gasteiger charge is 2.23. The van der Waals surface area contributed by atoms with Gasteiger partial charge in [0.05, 0.1) is 11.5 Å². The first-order valence-electron chi connectivity index (χ1n) is 7.45. The molecule has 0 spiro atoms. The second-order valence-electron chi connectivity index (χ2n) is 5.18. The molecule has 0 aliphatic carbocycles. The van der Waals surface area contributed by atoms with Crippen molar-refractivity contribution in [3.05, 3.63) is 45.2 Å². The Kier molecular flexibility index (Phi) is 4.83. The minimum atomic E-state index is -0.439. The van der Waals surface area contributed by atoms with Gasteiger partial charge in [0.25, 0.3) is 5.91 Å². The molecule has 0 atom stereocenters. The van der Waals surface area contributed by atoms with Crippen LogP contribution in [0.4, 0.5) is 5.69 Å². The van der Waals surface area contributed by atoms with E-state index in [2.05, 4.69) is 5.10 Å². The third-order valence-corrected chi connectivity index (χ3v) is 3.75. The lowest BCUT2D eigenvalue weighted by Gasteiger charge is -2.16. The molecule has 8 heteroatoms. The molecule has 2 rings (SSSR count). The van der Waals surface area contributed by atoms with Crippen LogP contribution in [0, 0.1) is 24.0 Å². The van der Waals surface area contributed by atoms with Crippen molar-refractivity contribution in [2.75, 3.05) is 13.1 Å². The number of rotatable bonds is 6. The van der Waals surface area contributed by atoms with Gasteiger partial charge in [-0.15, -0.1) is 0 Å². The molecule has 23 heavy (non-hydrogen) atoms. The molecule has 0 fully saturated rings. The van der Waals surface area contributed by atoms with Crippen LogP contribution in [0.1, 0.15) is 41.6 Å². The van der Waals surface area contributed by atoms with Crippen LogP contribution in [0.2, 0.25) is 0 Å². The summed E-state index contributed by atoms with van der Waals surface area (Å²) in [5, 5.41) is 15.2. The molecule has 0 bridgehead atoms. The minimum Gasteiger partial charge on any atom is -0.454 e. The molecule has 2 aromatic heterocycles. The van der Waals surface area contributed by atoms with Crippen LogP contribution in [-0.4, -0.2) is 38.6 Å². The summed E-state index contributed by atoms with van der Waals surface area (Å²) in [5.74, 6) is 0.626. The number of amides is 1. The molecule has 2 aromatic rings. The number of furan rings is 1. The largest absolute Gasteiger partial charge is 0.454 e. The zero-order valence-corrected chi connectivity index (χ0v) is 13.7. The van der Waals surface area contributed by atoms with Crippen LogP contribution in [0.15, 0.2) is 16.5 Å². The van der Waals surface area contributed by atoms with Gasteiger partial charge in [0.1, 0.15) is 17.1 Å². The Morgan fingerprint density at radius 2 is 2.00 bits per heavy atom. The van der Waals surface area contributed by atoms with E-state index >= 15 is 0 Å². The number of nitro groups is 1. The second kappa shape index (κ2) is 6.64. The zero-order valence-electron chi connectivity index (χ0n) is 13.7. The predicted molar refractivity (Wildman–Crippen MR) is 83.4 cm³/mol. The number of hydrogen-bond donors (Lipinski definition) is 0. The van der Waals surface area contributed by atoms with E-state index in [-0.39, 0.29) is 23.9 Å². The molecule has 0 aromatic carbocycles. The van der Waals surface area contributed by atoms with Crippen molar-refractivity contribution >= 4 is 11.6 Å². The molecule has 0 unspecified atom stereocenters. The van der Waals surface area contributed by atoms with Crippen molar-refractivity contribution in [1.29, 1.82) is 0 Å². The molecule has 0 aliphatic heterocycles. The van der Waals surface area contributed by atoms with Crippen LogP contribution < -0.4 is 0 Å². The summed E-state index contributed by atoms with van der Waals surface area (Å²) in [7, 11) is 0. The van der Waals surface area contributed by atoms with Gasteiger partial charge in [-0.05, 0) is 39.8 Å². The summed E-state index contributed by atoms with van der Waals surface area (Å²) in [6.07, 6.45) is 0. The molecule has 2 heterocycles. The van der Waals surface area contributed by atoms with Gasteiger partial charge < -0.3 is 9.32 Å². The highest BCUT2D eigenvalue weighted by atomic mass is 16.6. The van der Waals surface area contributed by atoms with Gasteiger partial charge in [-0.25, -0.2) is 0 Å². The third-order valence-electron chi connectivity index (χ3n) is 3.75. The van der Waals surface area contributed by atoms with Crippen LogP contribution >= 0.6 is 0 Å². The molecule has 0 N–H and O–H groups in total. The predicted octanol–water partition coefficient (Wildman–Crippen LogP) is 2.53.